The van der Waals surface area contributed by atoms with E-state index in [2.05, 4.69) is 32.2 Å². The molecular formula is C16H28N2. The van der Waals surface area contributed by atoms with E-state index in [0.717, 1.165) is 12.3 Å². The van der Waals surface area contributed by atoms with Crippen LogP contribution in [0.4, 0.5) is 0 Å². The SMILES string of the molecule is CC(C)(C)C1CCCCC1NC1CCCC1C#N. The Morgan fingerprint density at radius 2 is 1.61 bits per heavy atom. The van der Waals surface area contributed by atoms with Crippen LogP contribution in [0.2, 0.25) is 0 Å². The van der Waals surface area contributed by atoms with Gasteiger partial charge in [-0.1, -0.05) is 40.0 Å². The summed E-state index contributed by atoms with van der Waals surface area (Å²) in [6.07, 6.45) is 8.91. The fraction of sp³-hybridized carbons (Fsp3) is 0.938. The van der Waals surface area contributed by atoms with Crippen molar-refractivity contribution in [2.24, 2.45) is 17.3 Å². The molecular weight excluding hydrogens is 220 g/mol. The van der Waals surface area contributed by atoms with Gasteiger partial charge in [0.15, 0.2) is 0 Å². The summed E-state index contributed by atoms with van der Waals surface area (Å²) >= 11 is 0. The lowest BCUT2D eigenvalue weighted by Gasteiger charge is -2.42. The minimum Gasteiger partial charge on any atom is -0.310 e. The normalized spacial score (nSPS) is 37.4. The molecule has 0 aromatic heterocycles. The highest BCUT2D eigenvalue weighted by molar-refractivity contribution is 4.99. The zero-order valence-corrected chi connectivity index (χ0v) is 12.2. The predicted octanol–water partition coefficient (Wildman–Crippen LogP) is 3.87. The number of rotatable bonds is 2. The lowest BCUT2D eigenvalue weighted by molar-refractivity contribution is 0.120. The molecule has 0 saturated heterocycles. The molecule has 0 spiro atoms. The van der Waals surface area contributed by atoms with Crippen molar-refractivity contribution in [3.05, 3.63) is 0 Å². The van der Waals surface area contributed by atoms with E-state index in [0.29, 0.717) is 17.5 Å². The van der Waals surface area contributed by atoms with Gasteiger partial charge in [-0.3, -0.25) is 0 Å². The molecule has 2 heteroatoms. The summed E-state index contributed by atoms with van der Waals surface area (Å²) in [5, 5.41) is 13.1. The number of hydrogen-bond acceptors (Lipinski definition) is 2. The third kappa shape index (κ3) is 3.06. The van der Waals surface area contributed by atoms with Crippen molar-refractivity contribution in [1.82, 2.24) is 5.32 Å². The Kier molecular flexibility index (Phi) is 4.33. The number of nitriles is 1. The summed E-state index contributed by atoms with van der Waals surface area (Å²) in [6, 6.07) is 3.59. The van der Waals surface area contributed by atoms with Crippen molar-refractivity contribution < 1.29 is 0 Å². The third-order valence-corrected chi connectivity index (χ3v) is 4.99. The van der Waals surface area contributed by atoms with Gasteiger partial charge in [0.05, 0.1) is 12.0 Å². The van der Waals surface area contributed by atoms with Crippen LogP contribution in [0.15, 0.2) is 0 Å². The Hall–Kier alpha value is -0.550. The molecule has 4 unspecified atom stereocenters. The summed E-state index contributed by atoms with van der Waals surface area (Å²) in [4.78, 5) is 0. The minimum atomic E-state index is 0.257. The van der Waals surface area contributed by atoms with Gasteiger partial charge in [0.2, 0.25) is 0 Å². The second-order valence-corrected chi connectivity index (χ2v) is 7.30. The van der Waals surface area contributed by atoms with Crippen LogP contribution in [0.1, 0.15) is 65.7 Å². The van der Waals surface area contributed by atoms with Crippen LogP contribution < -0.4 is 5.32 Å². The van der Waals surface area contributed by atoms with Gasteiger partial charge in [-0.25, -0.2) is 0 Å². The average molecular weight is 248 g/mol. The Morgan fingerprint density at radius 1 is 0.944 bits per heavy atom. The van der Waals surface area contributed by atoms with Crippen LogP contribution in [0.3, 0.4) is 0 Å². The van der Waals surface area contributed by atoms with E-state index in [4.69, 9.17) is 0 Å². The second-order valence-electron chi connectivity index (χ2n) is 7.30. The lowest BCUT2D eigenvalue weighted by Crippen LogP contribution is -2.49. The quantitative estimate of drug-likeness (QED) is 0.805. The summed E-state index contributed by atoms with van der Waals surface area (Å²) in [6.45, 7) is 7.11. The van der Waals surface area contributed by atoms with E-state index in [-0.39, 0.29) is 5.92 Å². The van der Waals surface area contributed by atoms with Crippen LogP contribution in [0.5, 0.6) is 0 Å². The fourth-order valence-corrected chi connectivity index (χ4v) is 3.96. The number of hydrogen-bond donors (Lipinski definition) is 1. The maximum Gasteiger partial charge on any atom is 0.0672 e. The lowest BCUT2D eigenvalue weighted by atomic mass is 9.69. The average Bonchev–Trinajstić information content (AvgIpc) is 2.75. The molecule has 18 heavy (non-hydrogen) atoms. The predicted molar refractivity (Wildman–Crippen MR) is 75.1 cm³/mol. The first-order valence-corrected chi connectivity index (χ1v) is 7.68. The Bertz CT molecular complexity index is 310. The summed E-state index contributed by atoms with van der Waals surface area (Å²) in [5.74, 6) is 1.03. The summed E-state index contributed by atoms with van der Waals surface area (Å²) < 4.78 is 0. The molecule has 102 valence electrons. The van der Waals surface area contributed by atoms with E-state index in [1.807, 2.05) is 0 Å². The first kappa shape index (κ1) is 13.9. The Labute approximate surface area is 112 Å². The summed E-state index contributed by atoms with van der Waals surface area (Å²) in [7, 11) is 0. The molecule has 0 amide bonds. The molecule has 0 aromatic carbocycles. The van der Waals surface area contributed by atoms with Gasteiger partial charge in [0.25, 0.3) is 0 Å². The fourth-order valence-electron chi connectivity index (χ4n) is 3.96. The highest BCUT2D eigenvalue weighted by Gasteiger charge is 2.37. The van der Waals surface area contributed by atoms with Crippen molar-refractivity contribution in [2.75, 3.05) is 0 Å². The third-order valence-electron chi connectivity index (χ3n) is 4.99. The zero-order valence-electron chi connectivity index (χ0n) is 12.2. The van der Waals surface area contributed by atoms with Gasteiger partial charge in [-0.2, -0.15) is 5.26 Å². The first-order valence-electron chi connectivity index (χ1n) is 7.68. The van der Waals surface area contributed by atoms with Crippen LogP contribution in [-0.4, -0.2) is 12.1 Å². The van der Waals surface area contributed by atoms with E-state index in [1.54, 1.807) is 0 Å². The molecule has 0 aliphatic heterocycles. The molecule has 0 bridgehead atoms. The van der Waals surface area contributed by atoms with E-state index in [1.165, 1.54) is 38.5 Å². The van der Waals surface area contributed by atoms with Gasteiger partial charge in [-0.05, 0) is 37.0 Å². The van der Waals surface area contributed by atoms with Crippen molar-refractivity contribution in [3.8, 4) is 6.07 Å². The Morgan fingerprint density at radius 3 is 2.28 bits per heavy atom. The first-order chi connectivity index (χ1) is 8.52. The molecule has 4 atom stereocenters. The van der Waals surface area contributed by atoms with Crippen molar-refractivity contribution in [1.29, 1.82) is 5.26 Å². The number of nitrogens with one attached hydrogen (secondary N) is 1. The Balaban J connectivity index is 2.00. The maximum absolute atomic E-state index is 9.20. The van der Waals surface area contributed by atoms with Gasteiger partial charge in [-0.15, -0.1) is 0 Å². The standard InChI is InChI=1S/C16H28N2/c1-16(2,3)13-8-4-5-9-15(13)18-14-10-6-7-12(14)11-17/h12-15,18H,4-10H2,1-3H3. The molecule has 2 nitrogen and oxygen atoms in total. The van der Waals surface area contributed by atoms with Gasteiger partial charge < -0.3 is 5.32 Å². The monoisotopic (exact) mass is 248 g/mol. The molecule has 0 heterocycles. The van der Waals surface area contributed by atoms with E-state index < -0.39 is 0 Å². The molecule has 2 aliphatic carbocycles. The van der Waals surface area contributed by atoms with Crippen molar-refractivity contribution in [2.45, 2.75) is 77.8 Å². The van der Waals surface area contributed by atoms with E-state index >= 15 is 0 Å². The molecule has 0 radical (unpaired) electrons. The highest BCUT2D eigenvalue weighted by atomic mass is 15.0. The highest BCUT2D eigenvalue weighted by Crippen LogP contribution is 2.39. The topological polar surface area (TPSA) is 35.8 Å². The molecule has 2 aliphatic rings. The van der Waals surface area contributed by atoms with Crippen LogP contribution >= 0.6 is 0 Å². The smallest absolute Gasteiger partial charge is 0.0672 e. The molecule has 2 saturated carbocycles. The van der Waals surface area contributed by atoms with Crippen LogP contribution in [-0.2, 0) is 0 Å². The van der Waals surface area contributed by atoms with Gasteiger partial charge in [0.1, 0.15) is 0 Å². The van der Waals surface area contributed by atoms with Gasteiger partial charge >= 0.3 is 0 Å². The van der Waals surface area contributed by atoms with Crippen molar-refractivity contribution >= 4 is 0 Å². The van der Waals surface area contributed by atoms with E-state index in [9.17, 15) is 5.26 Å². The van der Waals surface area contributed by atoms with Gasteiger partial charge in [0, 0.05) is 12.1 Å². The molecule has 1 N–H and O–H groups in total. The van der Waals surface area contributed by atoms with Crippen LogP contribution in [0.25, 0.3) is 0 Å². The molecule has 2 fully saturated rings. The van der Waals surface area contributed by atoms with Crippen molar-refractivity contribution in [3.63, 3.8) is 0 Å². The zero-order chi connectivity index (χ0) is 13.2. The summed E-state index contributed by atoms with van der Waals surface area (Å²) in [5.41, 5.74) is 0.388. The second kappa shape index (κ2) is 5.61. The molecule has 2 rings (SSSR count). The maximum atomic E-state index is 9.20. The minimum absolute atomic E-state index is 0.257. The molecule has 0 aromatic rings. The largest absolute Gasteiger partial charge is 0.310 e. The number of nitrogens with zero attached hydrogens (tertiary/aromatic N) is 1. The van der Waals surface area contributed by atoms with Crippen LogP contribution in [0, 0.1) is 28.6 Å².